The third-order valence-electron chi connectivity index (χ3n) is 3.34. The smallest absolute Gasteiger partial charge is 0.248 e. The van der Waals surface area contributed by atoms with E-state index in [2.05, 4.69) is 15.6 Å². The van der Waals surface area contributed by atoms with Crippen LogP contribution in [-0.2, 0) is 11.3 Å². The summed E-state index contributed by atoms with van der Waals surface area (Å²) in [7, 11) is 0. The Morgan fingerprint density at radius 2 is 1.92 bits per heavy atom. The summed E-state index contributed by atoms with van der Waals surface area (Å²) in [4.78, 5) is 12.0. The van der Waals surface area contributed by atoms with Crippen molar-refractivity contribution in [3.05, 3.63) is 82.1 Å². The molecule has 0 aliphatic heterocycles. The molecule has 0 fully saturated rings. The Bertz CT molecular complexity index is 906. The Morgan fingerprint density at radius 1 is 1.12 bits per heavy atom. The predicted octanol–water partition coefficient (Wildman–Crippen LogP) is 4.29. The van der Waals surface area contributed by atoms with E-state index in [9.17, 15) is 4.79 Å². The Kier molecular flexibility index (Phi) is 5.48. The van der Waals surface area contributed by atoms with Crippen molar-refractivity contribution in [3.63, 3.8) is 0 Å². The summed E-state index contributed by atoms with van der Waals surface area (Å²) >= 11 is 11.8. The molecule has 0 saturated heterocycles. The van der Waals surface area contributed by atoms with Gasteiger partial charge in [0.2, 0.25) is 5.91 Å². The van der Waals surface area contributed by atoms with Gasteiger partial charge in [0, 0.05) is 11.8 Å². The van der Waals surface area contributed by atoms with Gasteiger partial charge in [-0.3, -0.25) is 4.79 Å². The molecule has 0 spiro atoms. The number of aromatic nitrogens is 3. The van der Waals surface area contributed by atoms with E-state index in [1.54, 1.807) is 35.2 Å². The van der Waals surface area contributed by atoms with Crippen LogP contribution in [0.4, 0.5) is 5.69 Å². The summed E-state index contributed by atoms with van der Waals surface area (Å²) in [6.07, 6.45) is 4.76. The molecule has 126 valence electrons. The number of hydrogen-bond acceptors (Lipinski definition) is 3. The number of nitrogens with zero attached hydrogens (tertiary/aromatic N) is 3. The standard InChI is InChI=1S/C18H14Cl2N4O/c19-16-8-6-14(10-17(16)20)21-18(25)9-7-15-12-24(23-22-15)11-13-4-2-1-3-5-13/h1-10,12H,11H2,(H,21,25)/b9-7+. The topological polar surface area (TPSA) is 59.8 Å². The first kappa shape index (κ1) is 17.2. The molecular formula is C18H14Cl2N4O. The van der Waals surface area contributed by atoms with Crippen LogP contribution < -0.4 is 5.32 Å². The summed E-state index contributed by atoms with van der Waals surface area (Å²) in [5, 5.41) is 11.6. The molecule has 0 radical (unpaired) electrons. The summed E-state index contributed by atoms with van der Waals surface area (Å²) in [5.41, 5.74) is 2.29. The van der Waals surface area contributed by atoms with E-state index in [1.165, 1.54) is 6.08 Å². The van der Waals surface area contributed by atoms with Gasteiger partial charge in [0.05, 0.1) is 22.8 Å². The lowest BCUT2D eigenvalue weighted by Crippen LogP contribution is -2.07. The fourth-order valence-corrected chi connectivity index (χ4v) is 2.45. The molecule has 0 saturated carbocycles. The summed E-state index contributed by atoms with van der Waals surface area (Å²) < 4.78 is 1.71. The first-order valence-corrected chi connectivity index (χ1v) is 8.24. The molecule has 0 aliphatic carbocycles. The highest BCUT2D eigenvalue weighted by molar-refractivity contribution is 6.42. The Morgan fingerprint density at radius 3 is 2.68 bits per heavy atom. The fourth-order valence-electron chi connectivity index (χ4n) is 2.16. The number of anilines is 1. The second kappa shape index (κ2) is 7.96. The molecule has 3 aromatic rings. The van der Waals surface area contributed by atoms with E-state index >= 15 is 0 Å². The first-order valence-electron chi connectivity index (χ1n) is 7.48. The minimum absolute atomic E-state index is 0.295. The van der Waals surface area contributed by atoms with Crippen LogP contribution in [0.2, 0.25) is 10.0 Å². The van der Waals surface area contributed by atoms with Crippen LogP contribution in [0.1, 0.15) is 11.3 Å². The molecule has 1 amide bonds. The van der Waals surface area contributed by atoms with Crippen molar-refractivity contribution in [2.24, 2.45) is 0 Å². The highest BCUT2D eigenvalue weighted by atomic mass is 35.5. The van der Waals surface area contributed by atoms with Gasteiger partial charge >= 0.3 is 0 Å². The predicted molar refractivity (Wildman–Crippen MR) is 99.7 cm³/mol. The maximum absolute atomic E-state index is 12.0. The number of amides is 1. The number of nitrogens with one attached hydrogen (secondary N) is 1. The maximum atomic E-state index is 12.0. The molecule has 1 aromatic heterocycles. The van der Waals surface area contributed by atoms with Gasteiger partial charge in [0.15, 0.2) is 0 Å². The highest BCUT2D eigenvalue weighted by Crippen LogP contribution is 2.24. The largest absolute Gasteiger partial charge is 0.322 e. The second-order valence-corrected chi connectivity index (χ2v) is 6.09. The Hall–Kier alpha value is -2.63. The zero-order valence-corrected chi connectivity index (χ0v) is 14.6. The highest BCUT2D eigenvalue weighted by Gasteiger charge is 2.03. The van der Waals surface area contributed by atoms with Crippen molar-refractivity contribution in [2.45, 2.75) is 6.54 Å². The Balaban J connectivity index is 1.60. The first-order chi connectivity index (χ1) is 12.1. The van der Waals surface area contributed by atoms with Crippen LogP contribution in [-0.4, -0.2) is 20.9 Å². The number of carbonyl (C=O) groups excluding carboxylic acids is 1. The van der Waals surface area contributed by atoms with Gasteiger partial charge in [-0.1, -0.05) is 58.7 Å². The minimum Gasteiger partial charge on any atom is -0.322 e. The van der Waals surface area contributed by atoms with E-state index in [0.717, 1.165) is 5.56 Å². The molecule has 0 atom stereocenters. The lowest BCUT2D eigenvalue weighted by Gasteiger charge is -2.03. The Labute approximate surface area is 154 Å². The van der Waals surface area contributed by atoms with Gasteiger partial charge < -0.3 is 5.32 Å². The monoisotopic (exact) mass is 372 g/mol. The molecule has 1 N–H and O–H groups in total. The van der Waals surface area contributed by atoms with E-state index in [1.807, 2.05) is 30.3 Å². The number of carbonyl (C=O) groups is 1. The van der Waals surface area contributed by atoms with Crippen molar-refractivity contribution >= 4 is 40.9 Å². The van der Waals surface area contributed by atoms with Crippen LogP contribution in [0, 0.1) is 0 Å². The number of halogens is 2. The van der Waals surface area contributed by atoms with E-state index in [-0.39, 0.29) is 5.91 Å². The molecule has 0 aliphatic rings. The van der Waals surface area contributed by atoms with Gasteiger partial charge in [0.25, 0.3) is 0 Å². The molecule has 0 bridgehead atoms. The molecule has 7 heteroatoms. The van der Waals surface area contributed by atoms with Crippen LogP contribution in [0.3, 0.4) is 0 Å². The fraction of sp³-hybridized carbons (Fsp3) is 0.0556. The van der Waals surface area contributed by atoms with E-state index in [0.29, 0.717) is 28.0 Å². The number of hydrogen-bond donors (Lipinski definition) is 1. The molecular weight excluding hydrogens is 359 g/mol. The normalized spacial score (nSPS) is 11.0. The van der Waals surface area contributed by atoms with Crippen molar-refractivity contribution in [1.29, 1.82) is 0 Å². The lowest BCUT2D eigenvalue weighted by molar-refractivity contribution is -0.111. The van der Waals surface area contributed by atoms with Gasteiger partial charge in [0.1, 0.15) is 5.69 Å². The SMILES string of the molecule is O=C(/C=C/c1cn(Cc2ccccc2)nn1)Nc1ccc(Cl)c(Cl)c1. The number of benzene rings is 2. The van der Waals surface area contributed by atoms with Crippen molar-refractivity contribution in [2.75, 3.05) is 5.32 Å². The van der Waals surface area contributed by atoms with E-state index < -0.39 is 0 Å². The molecule has 1 heterocycles. The van der Waals surface area contributed by atoms with Gasteiger partial charge in [-0.25, -0.2) is 4.68 Å². The molecule has 5 nitrogen and oxygen atoms in total. The quantitative estimate of drug-likeness (QED) is 0.679. The van der Waals surface area contributed by atoms with E-state index in [4.69, 9.17) is 23.2 Å². The van der Waals surface area contributed by atoms with Crippen molar-refractivity contribution in [1.82, 2.24) is 15.0 Å². The summed E-state index contributed by atoms with van der Waals surface area (Å²) in [6, 6.07) is 14.8. The summed E-state index contributed by atoms with van der Waals surface area (Å²) in [6.45, 7) is 0.622. The molecule has 2 aromatic carbocycles. The van der Waals surface area contributed by atoms with Crippen LogP contribution in [0.25, 0.3) is 6.08 Å². The average Bonchev–Trinajstić information content (AvgIpc) is 3.05. The second-order valence-electron chi connectivity index (χ2n) is 5.28. The van der Waals surface area contributed by atoms with Crippen LogP contribution in [0.5, 0.6) is 0 Å². The third-order valence-corrected chi connectivity index (χ3v) is 4.08. The minimum atomic E-state index is -0.295. The van der Waals surface area contributed by atoms with Gasteiger partial charge in [-0.2, -0.15) is 0 Å². The summed E-state index contributed by atoms with van der Waals surface area (Å²) in [5.74, 6) is -0.295. The molecule has 3 rings (SSSR count). The van der Waals surface area contributed by atoms with Crippen molar-refractivity contribution < 1.29 is 4.79 Å². The molecule has 0 unspecified atom stereocenters. The van der Waals surface area contributed by atoms with Crippen molar-refractivity contribution in [3.8, 4) is 0 Å². The maximum Gasteiger partial charge on any atom is 0.248 e. The average molecular weight is 373 g/mol. The lowest BCUT2D eigenvalue weighted by atomic mass is 10.2. The zero-order chi connectivity index (χ0) is 17.6. The van der Waals surface area contributed by atoms with Crippen LogP contribution >= 0.6 is 23.2 Å². The zero-order valence-electron chi connectivity index (χ0n) is 13.1. The van der Waals surface area contributed by atoms with Gasteiger partial charge in [-0.05, 0) is 29.8 Å². The third kappa shape index (κ3) is 4.92. The van der Waals surface area contributed by atoms with Gasteiger partial charge in [-0.15, -0.1) is 5.10 Å². The van der Waals surface area contributed by atoms with Crippen LogP contribution in [0.15, 0.2) is 60.8 Å². The number of rotatable bonds is 5. The molecule has 25 heavy (non-hydrogen) atoms.